The lowest BCUT2D eigenvalue weighted by Crippen LogP contribution is -2.36. The second kappa shape index (κ2) is 13.6. The smallest absolute Gasteiger partial charge is 0.336 e. The van der Waals surface area contributed by atoms with Crippen molar-refractivity contribution in [1.29, 1.82) is 0 Å². The molecule has 0 bridgehead atoms. The van der Waals surface area contributed by atoms with E-state index in [0.29, 0.717) is 28.9 Å². The Labute approximate surface area is 248 Å². The molecule has 0 saturated carbocycles. The maximum absolute atomic E-state index is 13.5. The molecule has 3 aromatic rings. The molecule has 12 heteroatoms. The topological polar surface area (TPSA) is 155 Å². The number of aliphatic imine (C=N–C) groups is 1. The molecule has 12 nitrogen and oxygen atoms in total. The number of carbonyl (C=O) groups is 2. The zero-order valence-corrected chi connectivity index (χ0v) is 24.2. The van der Waals surface area contributed by atoms with Gasteiger partial charge >= 0.3 is 11.9 Å². The predicted molar refractivity (Wildman–Crippen MR) is 158 cm³/mol. The molecule has 224 valence electrons. The first-order valence-electron chi connectivity index (χ1n) is 13.6. The molecular weight excluding hydrogens is 556 g/mol. The van der Waals surface area contributed by atoms with Gasteiger partial charge in [-0.25, -0.2) is 9.78 Å². The number of non-ortho nitro benzene ring substituents is 1. The van der Waals surface area contributed by atoms with Crippen LogP contribution in [0.25, 0.3) is 6.08 Å². The van der Waals surface area contributed by atoms with Gasteiger partial charge in [0.1, 0.15) is 5.92 Å². The van der Waals surface area contributed by atoms with Gasteiger partial charge in [0.25, 0.3) is 5.69 Å². The van der Waals surface area contributed by atoms with Crippen molar-refractivity contribution in [3.8, 4) is 11.5 Å². The van der Waals surface area contributed by atoms with E-state index < -0.39 is 28.7 Å². The first-order chi connectivity index (χ1) is 20.7. The van der Waals surface area contributed by atoms with Crippen LogP contribution in [0.15, 0.2) is 77.5 Å². The van der Waals surface area contributed by atoms with Crippen molar-refractivity contribution in [2.45, 2.75) is 33.2 Å². The highest BCUT2D eigenvalue weighted by Gasteiger charge is 2.43. The van der Waals surface area contributed by atoms with Crippen LogP contribution in [0.1, 0.15) is 43.4 Å². The van der Waals surface area contributed by atoms with E-state index in [4.69, 9.17) is 14.2 Å². The van der Waals surface area contributed by atoms with E-state index in [2.05, 4.69) is 9.98 Å². The zero-order chi connectivity index (χ0) is 31.1. The first-order valence-corrected chi connectivity index (χ1v) is 13.6. The molecule has 4 rings (SSSR count). The van der Waals surface area contributed by atoms with Crippen molar-refractivity contribution in [1.82, 2.24) is 9.55 Å². The molecule has 0 amide bonds. The van der Waals surface area contributed by atoms with Crippen molar-refractivity contribution >= 4 is 29.4 Å². The maximum Gasteiger partial charge on any atom is 0.336 e. The van der Waals surface area contributed by atoms with Crippen LogP contribution < -0.4 is 4.74 Å². The number of methoxy groups -OCH3 is 1. The van der Waals surface area contributed by atoms with Crippen LogP contribution in [0, 0.1) is 16.0 Å². The molecule has 1 N–H and O–H groups in total. The third kappa shape index (κ3) is 6.80. The number of nitrogens with zero attached hydrogens (tertiary/aromatic N) is 4. The SMILES string of the molecule is CCOC(=O)C1=C(C=Cc2cc(Cn3ccnc3)c(O)c(OC)c2)N=C(C)C(C(=O)OCC)C1c1cccc([N+](=O)[O-])c1. The highest BCUT2D eigenvalue weighted by molar-refractivity contribution is 6.07. The summed E-state index contributed by atoms with van der Waals surface area (Å²) in [7, 11) is 1.44. The molecule has 2 atom stereocenters. The minimum Gasteiger partial charge on any atom is -0.504 e. The number of benzene rings is 2. The Morgan fingerprint density at radius 1 is 1.14 bits per heavy atom. The number of allylic oxidation sites excluding steroid dienone is 1. The third-order valence-electron chi connectivity index (χ3n) is 6.89. The van der Waals surface area contributed by atoms with Crippen molar-refractivity contribution in [2.24, 2.45) is 10.9 Å². The van der Waals surface area contributed by atoms with Crippen LogP contribution in [0.4, 0.5) is 5.69 Å². The average molecular weight is 589 g/mol. The summed E-state index contributed by atoms with van der Waals surface area (Å²) in [6.07, 6.45) is 8.32. The standard InChI is InChI=1S/C31H32N4O8/c1-5-42-30(37)26-19(3)33-24(28(31(38)43-6-2)27(26)21-8-7-9-23(16-21)35(39)40)11-10-20-14-22(17-34-13-12-32-18-34)29(36)25(15-20)41-4/h7-16,18,26-27,36H,5-6,17H2,1-4H3. The lowest BCUT2D eigenvalue weighted by Gasteiger charge is -2.31. The number of phenols is 1. The van der Waals surface area contributed by atoms with Gasteiger partial charge in [-0.05, 0) is 50.1 Å². The number of esters is 2. The van der Waals surface area contributed by atoms with Gasteiger partial charge < -0.3 is 23.9 Å². The molecule has 0 saturated heterocycles. The number of rotatable bonds is 11. The number of carbonyl (C=O) groups excluding carboxylic acids is 2. The monoisotopic (exact) mass is 588 g/mol. The lowest BCUT2D eigenvalue weighted by atomic mass is 9.75. The Morgan fingerprint density at radius 2 is 1.91 bits per heavy atom. The lowest BCUT2D eigenvalue weighted by molar-refractivity contribution is -0.384. The van der Waals surface area contributed by atoms with Gasteiger partial charge in [0.2, 0.25) is 0 Å². The number of phenolic OH excluding ortho intramolecular Hbond substituents is 1. The third-order valence-corrected chi connectivity index (χ3v) is 6.89. The number of imidazole rings is 1. The highest BCUT2D eigenvalue weighted by atomic mass is 16.6. The molecular formula is C31H32N4O8. The van der Waals surface area contributed by atoms with Crippen molar-refractivity contribution in [2.75, 3.05) is 20.3 Å². The molecule has 2 aromatic carbocycles. The number of aromatic nitrogens is 2. The van der Waals surface area contributed by atoms with Crippen molar-refractivity contribution in [3.05, 3.63) is 99.3 Å². The van der Waals surface area contributed by atoms with Gasteiger partial charge in [0.05, 0.1) is 49.4 Å². The van der Waals surface area contributed by atoms with Crippen LogP contribution in [0.3, 0.4) is 0 Å². The summed E-state index contributed by atoms with van der Waals surface area (Å²) in [6.45, 7) is 5.45. The number of hydrogen-bond donors (Lipinski definition) is 1. The summed E-state index contributed by atoms with van der Waals surface area (Å²) in [5.41, 5.74) is 2.02. The predicted octanol–water partition coefficient (Wildman–Crippen LogP) is 4.82. The van der Waals surface area contributed by atoms with E-state index in [9.17, 15) is 24.8 Å². The van der Waals surface area contributed by atoms with Gasteiger partial charge in [-0.15, -0.1) is 0 Å². The van der Waals surface area contributed by atoms with Gasteiger partial charge in [-0.2, -0.15) is 0 Å². The Hall–Kier alpha value is -5.26. The van der Waals surface area contributed by atoms with Crippen LogP contribution in [-0.2, 0) is 25.6 Å². The number of hydrogen-bond acceptors (Lipinski definition) is 10. The van der Waals surface area contributed by atoms with E-state index >= 15 is 0 Å². The van der Waals surface area contributed by atoms with Crippen LogP contribution in [-0.4, -0.2) is 57.6 Å². The second-order valence-corrected chi connectivity index (χ2v) is 9.63. The zero-order valence-electron chi connectivity index (χ0n) is 24.2. The molecule has 43 heavy (non-hydrogen) atoms. The van der Waals surface area contributed by atoms with Gasteiger partial charge in [-0.1, -0.05) is 18.2 Å². The summed E-state index contributed by atoms with van der Waals surface area (Å²) in [4.78, 5) is 46.4. The summed E-state index contributed by atoms with van der Waals surface area (Å²) < 4.78 is 17.9. The first kappa shape index (κ1) is 30.7. The summed E-state index contributed by atoms with van der Waals surface area (Å²) >= 11 is 0. The number of aromatic hydroxyl groups is 1. The van der Waals surface area contributed by atoms with Gasteiger partial charge in [0.15, 0.2) is 11.5 Å². The van der Waals surface area contributed by atoms with Crippen molar-refractivity contribution < 1.29 is 33.8 Å². The highest BCUT2D eigenvalue weighted by Crippen LogP contribution is 2.42. The van der Waals surface area contributed by atoms with E-state index in [-0.39, 0.29) is 41.7 Å². The molecule has 0 aliphatic carbocycles. The fraction of sp³-hybridized carbons (Fsp3) is 0.290. The van der Waals surface area contributed by atoms with Crippen molar-refractivity contribution in [3.63, 3.8) is 0 Å². The Kier molecular flexibility index (Phi) is 9.71. The van der Waals surface area contributed by atoms with E-state index in [1.807, 2.05) is 0 Å². The average Bonchev–Trinajstić information content (AvgIpc) is 3.50. The summed E-state index contributed by atoms with van der Waals surface area (Å²) in [6, 6.07) is 9.18. The summed E-state index contributed by atoms with van der Waals surface area (Å²) in [5.74, 6) is -3.09. The van der Waals surface area contributed by atoms with E-state index in [1.54, 1.807) is 74.4 Å². The van der Waals surface area contributed by atoms with Gasteiger partial charge in [-0.3, -0.25) is 19.9 Å². The molecule has 0 radical (unpaired) electrons. The molecule has 1 aliphatic heterocycles. The largest absolute Gasteiger partial charge is 0.504 e. The number of nitro benzene ring substituents is 1. The Bertz CT molecular complexity index is 1610. The van der Waals surface area contributed by atoms with Crippen LogP contribution in [0.5, 0.6) is 11.5 Å². The van der Waals surface area contributed by atoms with E-state index in [1.165, 1.54) is 25.3 Å². The normalized spacial score (nSPS) is 16.6. The summed E-state index contributed by atoms with van der Waals surface area (Å²) in [5, 5.41) is 22.3. The molecule has 0 spiro atoms. The molecule has 1 aromatic heterocycles. The van der Waals surface area contributed by atoms with Gasteiger partial charge in [0, 0.05) is 41.7 Å². The van der Waals surface area contributed by atoms with Crippen LogP contribution >= 0.6 is 0 Å². The molecule has 2 heterocycles. The van der Waals surface area contributed by atoms with Crippen LogP contribution in [0.2, 0.25) is 0 Å². The quantitative estimate of drug-likeness (QED) is 0.188. The minimum absolute atomic E-state index is 0.0191. The fourth-order valence-electron chi connectivity index (χ4n) is 5.00. The number of ether oxygens (including phenoxy) is 3. The molecule has 2 unspecified atom stereocenters. The minimum atomic E-state index is -1.02. The number of nitro groups is 1. The maximum atomic E-state index is 13.5. The molecule has 0 fully saturated rings. The van der Waals surface area contributed by atoms with E-state index in [0.717, 1.165) is 0 Å². The second-order valence-electron chi connectivity index (χ2n) is 9.63. The Balaban J connectivity index is 1.88. The Morgan fingerprint density at radius 3 is 2.56 bits per heavy atom. The fourth-order valence-corrected chi connectivity index (χ4v) is 5.00. The molecule has 1 aliphatic rings.